The second kappa shape index (κ2) is 6.97. The quantitative estimate of drug-likeness (QED) is 0.935. The van der Waals surface area contributed by atoms with Gasteiger partial charge in [0.2, 0.25) is 0 Å². The second-order valence-electron chi connectivity index (χ2n) is 5.84. The molecule has 1 amide bonds. The number of carbonyl (C=O) groups is 1. The molecule has 1 heterocycles. The molecule has 0 aliphatic carbocycles. The van der Waals surface area contributed by atoms with Gasteiger partial charge in [-0.15, -0.1) is 0 Å². The highest BCUT2D eigenvalue weighted by Crippen LogP contribution is 2.26. The molecular weight excluding hydrogens is 314 g/mol. The summed E-state index contributed by atoms with van der Waals surface area (Å²) in [4.78, 5) is 14.2. The molecule has 6 heteroatoms. The Labute approximate surface area is 138 Å². The van der Waals surface area contributed by atoms with Crippen molar-refractivity contribution in [3.05, 3.63) is 59.7 Å². The van der Waals surface area contributed by atoms with Crippen molar-refractivity contribution < 1.29 is 18.3 Å². The van der Waals surface area contributed by atoms with Gasteiger partial charge in [-0.2, -0.15) is 0 Å². The molecule has 0 radical (unpaired) electrons. The number of hydrogen-bond donors (Lipinski definition) is 1. The van der Waals surface area contributed by atoms with Crippen molar-refractivity contribution in [2.75, 3.05) is 19.6 Å². The van der Waals surface area contributed by atoms with Gasteiger partial charge in [0.1, 0.15) is 11.6 Å². The van der Waals surface area contributed by atoms with E-state index < -0.39 is 11.6 Å². The zero-order chi connectivity index (χ0) is 17.1. The third-order valence-electron chi connectivity index (χ3n) is 4.13. The van der Waals surface area contributed by atoms with Gasteiger partial charge in [0.15, 0.2) is 11.6 Å². The monoisotopic (exact) mass is 332 g/mol. The summed E-state index contributed by atoms with van der Waals surface area (Å²) in [6.07, 6.45) is 0.924. The highest BCUT2D eigenvalue weighted by Gasteiger charge is 2.25. The molecule has 0 spiro atoms. The SMILES string of the molecule is NC[C@@H]1CCN(C(=O)c2ccc(Oc3ccc(F)cc3F)cc2)C1. The van der Waals surface area contributed by atoms with Crippen LogP contribution in [-0.2, 0) is 0 Å². The predicted octanol–water partition coefficient (Wildman–Crippen LogP) is 3.18. The molecule has 2 aromatic rings. The van der Waals surface area contributed by atoms with Crippen molar-refractivity contribution in [3.63, 3.8) is 0 Å². The third kappa shape index (κ3) is 3.54. The molecule has 1 atom stereocenters. The molecule has 0 unspecified atom stereocenters. The molecule has 0 saturated carbocycles. The minimum atomic E-state index is -0.778. The first-order chi connectivity index (χ1) is 11.6. The van der Waals surface area contributed by atoms with Crippen LogP contribution in [0.15, 0.2) is 42.5 Å². The molecule has 0 bridgehead atoms. The standard InChI is InChI=1S/C18H18F2N2O2/c19-14-3-6-17(16(20)9-14)24-15-4-1-13(2-5-15)18(23)22-8-7-12(10-21)11-22/h1-6,9,12H,7-8,10-11,21H2/t12-/m0/s1. The Morgan fingerprint density at radius 1 is 1.21 bits per heavy atom. The van der Waals surface area contributed by atoms with E-state index in [2.05, 4.69) is 0 Å². The Kier molecular flexibility index (Phi) is 4.76. The van der Waals surface area contributed by atoms with Gasteiger partial charge in [0, 0.05) is 24.7 Å². The summed E-state index contributed by atoms with van der Waals surface area (Å²) in [5.74, 6) is -0.829. The van der Waals surface area contributed by atoms with Crippen LogP contribution in [-0.4, -0.2) is 30.4 Å². The van der Waals surface area contributed by atoms with Gasteiger partial charge in [-0.3, -0.25) is 4.79 Å². The van der Waals surface area contributed by atoms with Crippen molar-refractivity contribution in [2.24, 2.45) is 11.7 Å². The minimum Gasteiger partial charge on any atom is -0.454 e. The number of amides is 1. The van der Waals surface area contributed by atoms with Crippen molar-refractivity contribution in [1.29, 1.82) is 0 Å². The summed E-state index contributed by atoms with van der Waals surface area (Å²) in [6.45, 7) is 1.97. The van der Waals surface area contributed by atoms with Crippen LogP contribution in [0.25, 0.3) is 0 Å². The number of rotatable bonds is 4. The lowest BCUT2D eigenvalue weighted by molar-refractivity contribution is 0.0787. The van der Waals surface area contributed by atoms with Crippen molar-refractivity contribution in [3.8, 4) is 11.5 Å². The highest BCUT2D eigenvalue weighted by molar-refractivity contribution is 5.94. The summed E-state index contributed by atoms with van der Waals surface area (Å²) in [5.41, 5.74) is 6.18. The van der Waals surface area contributed by atoms with Crippen LogP contribution >= 0.6 is 0 Å². The van der Waals surface area contributed by atoms with Crippen molar-refractivity contribution in [1.82, 2.24) is 4.90 Å². The van der Waals surface area contributed by atoms with E-state index in [9.17, 15) is 13.6 Å². The number of benzene rings is 2. The number of ether oxygens (including phenoxy) is 1. The van der Waals surface area contributed by atoms with E-state index in [0.29, 0.717) is 36.9 Å². The van der Waals surface area contributed by atoms with Crippen LogP contribution in [0.3, 0.4) is 0 Å². The molecule has 126 valence electrons. The van der Waals surface area contributed by atoms with E-state index in [-0.39, 0.29) is 11.7 Å². The zero-order valence-electron chi connectivity index (χ0n) is 13.0. The largest absolute Gasteiger partial charge is 0.454 e. The first-order valence-electron chi connectivity index (χ1n) is 7.79. The van der Waals surface area contributed by atoms with Crippen LogP contribution in [0.2, 0.25) is 0 Å². The smallest absolute Gasteiger partial charge is 0.253 e. The molecule has 1 aliphatic rings. The Morgan fingerprint density at radius 3 is 2.58 bits per heavy atom. The summed E-state index contributed by atoms with van der Waals surface area (Å²) in [5, 5.41) is 0. The number of hydrogen-bond acceptors (Lipinski definition) is 3. The molecule has 1 fully saturated rings. The van der Waals surface area contributed by atoms with E-state index in [1.807, 2.05) is 0 Å². The summed E-state index contributed by atoms with van der Waals surface area (Å²) in [6, 6.07) is 9.55. The van der Waals surface area contributed by atoms with Gasteiger partial charge in [0.05, 0.1) is 0 Å². The van der Waals surface area contributed by atoms with E-state index in [1.54, 1.807) is 29.2 Å². The fourth-order valence-corrected chi connectivity index (χ4v) is 2.74. The number of carbonyl (C=O) groups excluding carboxylic acids is 1. The van der Waals surface area contributed by atoms with Gasteiger partial charge < -0.3 is 15.4 Å². The summed E-state index contributed by atoms with van der Waals surface area (Å²) < 4.78 is 31.8. The van der Waals surface area contributed by atoms with E-state index in [1.165, 1.54) is 6.07 Å². The van der Waals surface area contributed by atoms with Crippen LogP contribution in [0.5, 0.6) is 11.5 Å². The van der Waals surface area contributed by atoms with Crippen molar-refractivity contribution in [2.45, 2.75) is 6.42 Å². The van der Waals surface area contributed by atoms with Crippen LogP contribution in [0, 0.1) is 17.6 Å². The lowest BCUT2D eigenvalue weighted by atomic mass is 10.1. The summed E-state index contributed by atoms with van der Waals surface area (Å²) >= 11 is 0. The lowest BCUT2D eigenvalue weighted by Gasteiger charge is -2.16. The van der Waals surface area contributed by atoms with E-state index >= 15 is 0 Å². The molecule has 3 rings (SSSR count). The number of nitrogens with two attached hydrogens (primary N) is 1. The normalized spacial score (nSPS) is 17.1. The van der Waals surface area contributed by atoms with Crippen molar-refractivity contribution >= 4 is 5.91 Å². The predicted molar refractivity (Wildman–Crippen MR) is 85.9 cm³/mol. The number of halogens is 2. The Morgan fingerprint density at radius 2 is 1.96 bits per heavy atom. The average molecular weight is 332 g/mol. The molecule has 0 aromatic heterocycles. The Hall–Kier alpha value is -2.47. The van der Waals surface area contributed by atoms with Gasteiger partial charge in [-0.05, 0) is 55.3 Å². The molecule has 4 nitrogen and oxygen atoms in total. The third-order valence-corrected chi connectivity index (χ3v) is 4.13. The number of likely N-dealkylation sites (tertiary alicyclic amines) is 1. The van der Waals surface area contributed by atoms with Gasteiger partial charge in [-0.25, -0.2) is 8.78 Å². The maximum Gasteiger partial charge on any atom is 0.253 e. The lowest BCUT2D eigenvalue weighted by Crippen LogP contribution is -2.29. The first-order valence-corrected chi connectivity index (χ1v) is 7.79. The molecule has 24 heavy (non-hydrogen) atoms. The maximum atomic E-state index is 13.6. The maximum absolute atomic E-state index is 13.6. The van der Waals surface area contributed by atoms with Crippen LogP contribution in [0.4, 0.5) is 8.78 Å². The second-order valence-corrected chi connectivity index (χ2v) is 5.84. The van der Waals surface area contributed by atoms with E-state index in [0.717, 1.165) is 18.6 Å². The van der Waals surface area contributed by atoms with Gasteiger partial charge in [-0.1, -0.05) is 0 Å². The van der Waals surface area contributed by atoms with Gasteiger partial charge >= 0.3 is 0 Å². The topological polar surface area (TPSA) is 55.6 Å². The molecule has 1 saturated heterocycles. The summed E-state index contributed by atoms with van der Waals surface area (Å²) in [7, 11) is 0. The highest BCUT2D eigenvalue weighted by atomic mass is 19.1. The minimum absolute atomic E-state index is 0.0505. The fraction of sp³-hybridized carbons (Fsp3) is 0.278. The fourth-order valence-electron chi connectivity index (χ4n) is 2.74. The number of nitrogens with zero attached hydrogens (tertiary/aromatic N) is 1. The Balaban J connectivity index is 1.68. The molecular formula is C18H18F2N2O2. The zero-order valence-corrected chi connectivity index (χ0v) is 13.0. The average Bonchev–Trinajstić information content (AvgIpc) is 3.06. The van der Waals surface area contributed by atoms with E-state index in [4.69, 9.17) is 10.5 Å². The molecule has 1 aliphatic heterocycles. The molecule has 2 N–H and O–H groups in total. The Bertz CT molecular complexity index is 734. The first kappa shape index (κ1) is 16.4. The van der Waals surface area contributed by atoms with Crippen LogP contribution < -0.4 is 10.5 Å². The molecule has 2 aromatic carbocycles. The van der Waals surface area contributed by atoms with Gasteiger partial charge in [0.25, 0.3) is 5.91 Å². The van der Waals surface area contributed by atoms with Crippen LogP contribution in [0.1, 0.15) is 16.8 Å².